The molecule has 0 aliphatic heterocycles. The number of nitrogens with one attached hydrogen (secondary N) is 1. The standard InChI is InChI=1S/C17H16N4O.CHF3O3S/c1-18-16(22)15-19-21(14-11-7-4-8-12-14)17(20(15)2)13-9-5-3-6-10-13;2-1(3,4)8(5,6)7/h3-12H,1-2H3;(H,5,6,7). The van der Waals surface area contributed by atoms with Gasteiger partial charge in [-0.25, -0.2) is 13.0 Å². The molecule has 2 aromatic carbocycles. The number of para-hydroxylation sites is 1. The van der Waals surface area contributed by atoms with Crippen LogP contribution < -0.4 is 9.88 Å². The number of benzene rings is 2. The average Bonchev–Trinajstić information content (AvgIpc) is 3.05. The fourth-order valence-electron chi connectivity index (χ4n) is 2.41. The quantitative estimate of drug-likeness (QED) is 0.378. The van der Waals surface area contributed by atoms with Crippen molar-refractivity contribution in [3.63, 3.8) is 0 Å². The van der Waals surface area contributed by atoms with E-state index in [9.17, 15) is 18.0 Å². The Hall–Kier alpha value is -3.25. The molecule has 1 amide bonds. The molecule has 0 radical (unpaired) electrons. The first-order valence-electron chi connectivity index (χ1n) is 8.31. The number of alkyl halides is 3. The predicted molar refractivity (Wildman–Crippen MR) is 99.3 cm³/mol. The van der Waals surface area contributed by atoms with Crippen LogP contribution in [0.3, 0.4) is 0 Å². The van der Waals surface area contributed by atoms with Crippen molar-refractivity contribution in [2.24, 2.45) is 7.05 Å². The lowest BCUT2D eigenvalue weighted by Crippen LogP contribution is -2.39. The van der Waals surface area contributed by atoms with Gasteiger partial charge in [0.2, 0.25) is 0 Å². The van der Waals surface area contributed by atoms with Crippen LogP contribution in [0.1, 0.15) is 10.6 Å². The maximum Gasteiger partial charge on any atom is 0.485 e. The van der Waals surface area contributed by atoms with Gasteiger partial charge in [-0.15, -0.1) is 0 Å². The summed E-state index contributed by atoms with van der Waals surface area (Å²) in [6.45, 7) is 0. The van der Waals surface area contributed by atoms with E-state index in [1.807, 2.05) is 67.7 Å². The number of carbonyl (C=O) groups is 1. The van der Waals surface area contributed by atoms with Crippen LogP contribution in [0.4, 0.5) is 13.2 Å². The minimum Gasteiger partial charge on any atom is -0.741 e. The molecule has 0 fully saturated rings. The first kappa shape index (κ1) is 23.0. The van der Waals surface area contributed by atoms with Crippen LogP contribution in [-0.2, 0) is 17.2 Å². The molecule has 160 valence electrons. The molecule has 8 nitrogen and oxygen atoms in total. The second kappa shape index (κ2) is 9.05. The summed E-state index contributed by atoms with van der Waals surface area (Å²) in [6.07, 6.45) is 0. The van der Waals surface area contributed by atoms with Gasteiger partial charge in [0.05, 0.1) is 17.7 Å². The fourth-order valence-corrected chi connectivity index (χ4v) is 2.41. The normalized spacial score (nSPS) is 11.4. The number of halogens is 3. The number of carbonyl (C=O) groups excluding carboxylic acids is 1. The fraction of sp³-hybridized carbons (Fsp3) is 0.167. The van der Waals surface area contributed by atoms with Gasteiger partial charge in [-0.3, -0.25) is 4.79 Å². The SMILES string of the molecule is CNC(=O)c1nn(-c2ccccc2)c(-c2ccccc2)[n+]1C.O=S(=O)([O-])C(F)(F)F. The lowest BCUT2D eigenvalue weighted by atomic mass is 10.2. The Kier molecular flexibility index (Phi) is 6.95. The summed E-state index contributed by atoms with van der Waals surface area (Å²) in [5.41, 5.74) is -3.74. The van der Waals surface area contributed by atoms with E-state index < -0.39 is 15.6 Å². The Morgan fingerprint density at radius 1 is 1.07 bits per heavy atom. The third-order valence-corrected chi connectivity index (χ3v) is 4.34. The first-order chi connectivity index (χ1) is 14.0. The van der Waals surface area contributed by atoms with E-state index in [4.69, 9.17) is 13.0 Å². The number of nitrogens with zero attached hydrogens (tertiary/aromatic N) is 3. The highest BCUT2D eigenvalue weighted by molar-refractivity contribution is 7.86. The van der Waals surface area contributed by atoms with E-state index in [0.717, 1.165) is 17.1 Å². The van der Waals surface area contributed by atoms with Crippen molar-refractivity contribution in [2.45, 2.75) is 5.51 Å². The predicted octanol–water partition coefficient (Wildman–Crippen LogP) is 1.77. The minimum atomic E-state index is -6.09. The van der Waals surface area contributed by atoms with Crippen molar-refractivity contribution in [3.05, 3.63) is 66.5 Å². The zero-order valence-electron chi connectivity index (χ0n) is 15.8. The molecular formula is C18H17F3N4O4S. The molecule has 0 spiro atoms. The van der Waals surface area contributed by atoms with Gasteiger partial charge in [0, 0.05) is 7.05 Å². The maximum absolute atomic E-state index is 12.1. The lowest BCUT2D eigenvalue weighted by Gasteiger charge is -2.08. The molecule has 0 aliphatic rings. The van der Waals surface area contributed by atoms with Gasteiger partial charge in [-0.2, -0.15) is 13.2 Å². The summed E-state index contributed by atoms with van der Waals surface area (Å²) in [7, 11) is -2.64. The molecule has 30 heavy (non-hydrogen) atoms. The Labute approximate surface area is 170 Å². The van der Waals surface area contributed by atoms with Crippen molar-refractivity contribution in [1.29, 1.82) is 0 Å². The zero-order chi connectivity index (χ0) is 22.5. The van der Waals surface area contributed by atoms with E-state index in [2.05, 4.69) is 10.4 Å². The Morgan fingerprint density at radius 3 is 1.97 bits per heavy atom. The minimum absolute atomic E-state index is 0.214. The number of amides is 1. The van der Waals surface area contributed by atoms with E-state index in [1.165, 1.54) is 0 Å². The summed E-state index contributed by atoms with van der Waals surface area (Å²) >= 11 is 0. The van der Waals surface area contributed by atoms with Crippen molar-refractivity contribution >= 4 is 16.0 Å². The monoisotopic (exact) mass is 442 g/mol. The molecule has 12 heteroatoms. The lowest BCUT2D eigenvalue weighted by molar-refractivity contribution is -0.662. The molecule has 3 rings (SSSR count). The second-order valence-corrected chi connectivity index (χ2v) is 7.17. The smallest absolute Gasteiger partial charge is 0.485 e. The number of aromatic nitrogens is 3. The van der Waals surface area contributed by atoms with E-state index in [0.29, 0.717) is 5.82 Å². The zero-order valence-corrected chi connectivity index (χ0v) is 16.6. The van der Waals surface area contributed by atoms with E-state index in [1.54, 1.807) is 16.3 Å². The summed E-state index contributed by atoms with van der Waals surface area (Å²) in [4.78, 5) is 12.1. The van der Waals surface area contributed by atoms with Crippen molar-refractivity contribution in [3.8, 4) is 17.1 Å². The van der Waals surface area contributed by atoms with Gasteiger partial charge in [0.15, 0.2) is 10.1 Å². The molecule has 1 aromatic heterocycles. The molecule has 0 bridgehead atoms. The van der Waals surface area contributed by atoms with Crippen LogP contribution in [0.15, 0.2) is 60.7 Å². The molecule has 0 aliphatic carbocycles. The molecule has 0 unspecified atom stereocenters. The van der Waals surface area contributed by atoms with Crippen molar-refractivity contribution < 1.29 is 35.5 Å². The van der Waals surface area contributed by atoms with Gasteiger partial charge < -0.3 is 9.87 Å². The summed E-state index contributed by atoms with van der Waals surface area (Å²) in [5, 5.41) is 7.12. The third kappa shape index (κ3) is 5.21. The summed E-state index contributed by atoms with van der Waals surface area (Å²) in [6, 6.07) is 19.7. The molecule has 0 saturated carbocycles. The van der Waals surface area contributed by atoms with Crippen LogP contribution in [0.5, 0.6) is 0 Å². The van der Waals surface area contributed by atoms with Crippen molar-refractivity contribution in [1.82, 2.24) is 15.1 Å². The van der Waals surface area contributed by atoms with Crippen LogP contribution >= 0.6 is 0 Å². The molecule has 1 N–H and O–H groups in total. The topological polar surface area (TPSA) is 108 Å². The number of rotatable bonds is 3. The molecule has 0 atom stereocenters. The van der Waals surface area contributed by atoms with Crippen LogP contribution in [-0.4, -0.2) is 41.2 Å². The largest absolute Gasteiger partial charge is 0.741 e. The van der Waals surface area contributed by atoms with Crippen LogP contribution in [0.2, 0.25) is 0 Å². The maximum atomic E-state index is 12.1. The van der Waals surface area contributed by atoms with Crippen LogP contribution in [0.25, 0.3) is 17.1 Å². The second-order valence-electron chi connectivity index (χ2n) is 5.80. The van der Waals surface area contributed by atoms with Gasteiger partial charge in [0.1, 0.15) is 5.69 Å². The molecule has 0 saturated heterocycles. The first-order valence-corrected chi connectivity index (χ1v) is 9.72. The average molecular weight is 442 g/mol. The van der Waals surface area contributed by atoms with Gasteiger partial charge >= 0.3 is 17.2 Å². The highest BCUT2D eigenvalue weighted by Crippen LogP contribution is 2.20. The van der Waals surface area contributed by atoms with Gasteiger partial charge in [-0.1, -0.05) is 41.1 Å². The molecule has 1 heterocycles. The summed E-state index contributed by atoms with van der Waals surface area (Å²) < 4.78 is 62.5. The Morgan fingerprint density at radius 2 is 1.53 bits per heavy atom. The van der Waals surface area contributed by atoms with Gasteiger partial charge in [-0.05, 0) is 24.3 Å². The van der Waals surface area contributed by atoms with Gasteiger partial charge in [0.25, 0.3) is 5.82 Å². The third-order valence-electron chi connectivity index (χ3n) is 3.78. The Balaban J connectivity index is 0.000000343. The van der Waals surface area contributed by atoms with Crippen LogP contribution in [0, 0.1) is 0 Å². The van der Waals surface area contributed by atoms with E-state index in [-0.39, 0.29) is 5.91 Å². The number of hydrogen-bond donors (Lipinski definition) is 1. The van der Waals surface area contributed by atoms with E-state index >= 15 is 0 Å². The highest BCUT2D eigenvalue weighted by Gasteiger charge is 2.37. The van der Waals surface area contributed by atoms with Crippen molar-refractivity contribution in [2.75, 3.05) is 7.05 Å². The molecular weight excluding hydrogens is 425 g/mol. The Bertz CT molecular complexity index is 1120. The summed E-state index contributed by atoms with van der Waals surface area (Å²) in [5.74, 6) is 1.00. The number of hydrogen-bond acceptors (Lipinski definition) is 5. The highest BCUT2D eigenvalue weighted by atomic mass is 32.2. The molecule has 3 aromatic rings.